The second-order valence-corrected chi connectivity index (χ2v) is 11.3. The van der Waals surface area contributed by atoms with Gasteiger partial charge < -0.3 is 0 Å². The largest absolute Gasteiger partial charge is 0.294 e. The average Bonchev–Trinajstić information content (AvgIpc) is 3.38. The van der Waals surface area contributed by atoms with Gasteiger partial charge in [0.05, 0.1) is 17.1 Å². The van der Waals surface area contributed by atoms with E-state index >= 15 is 0 Å². The van der Waals surface area contributed by atoms with Gasteiger partial charge in [0.2, 0.25) is 21.9 Å². The van der Waals surface area contributed by atoms with Crippen molar-refractivity contribution in [3.63, 3.8) is 0 Å². The number of nitrogens with one attached hydrogen (secondary N) is 1. The van der Waals surface area contributed by atoms with Gasteiger partial charge in [-0.05, 0) is 54.1 Å². The van der Waals surface area contributed by atoms with Gasteiger partial charge in [-0.3, -0.25) is 14.7 Å². The highest BCUT2D eigenvalue weighted by Crippen LogP contribution is 2.25. The van der Waals surface area contributed by atoms with E-state index in [1.165, 1.54) is 36.4 Å². The third-order valence-corrected chi connectivity index (χ3v) is 8.16. The molecule has 0 atom stereocenters. The van der Waals surface area contributed by atoms with Crippen LogP contribution in [0.25, 0.3) is 16.9 Å². The molecule has 0 saturated carbocycles. The number of nitrogens with zero attached hydrogens (tertiary/aromatic N) is 3. The quantitative estimate of drug-likeness (QED) is 0.228. The Morgan fingerprint density at radius 1 is 0.875 bits per heavy atom. The van der Waals surface area contributed by atoms with Crippen molar-refractivity contribution in [1.29, 1.82) is 0 Å². The fourth-order valence-corrected chi connectivity index (χ4v) is 5.62. The molecule has 0 fully saturated rings. The van der Waals surface area contributed by atoms with Crippen molar-refractivity contribution in [3.8, 4) is 16.9 Å². The van der Waals surface area contributed by atoms with Crippen LogP contribution in [-0.2, 0) is 21.4 Å². The van der Waals surface area contributed by atoms with Crippen LogP contribution in [0.2, 0.25) is 5.02 Å². The predicted octanol–water partition coefficient (Wildman–Crippen LogP) is 6.16. The number of anilines is 1. The first-order valence-electron chi connectivity index (χ1n) is 12.3. The topological polar surface area (TPSA) is 84.3 Å². The third kappa shape index (κ3) is 6.28. The van der Waals surface area contributed by atoms with Crippen LogP contribution in [0.3, 0.4) is 0 Å². The number of amides is 1. The molecule has 10 heteroatoms. The summed E-state index contributed by atoms with van der Waals surface area (Å²) in [6, 6.07) is 29.9. The van der Waals surface area contributed by atoms with E-state index in [2.05, 4.69) is 10.3 Å². The van der Waals surface area contributed by atoms with Crippen LogP contribution in [0.1, 0.15) is 5.56 Å². The zero-order valence-electron chi connectivity index (χ0n) is 21.1. The Kier molecular flexibility index (Phi) is 8.06. The van der Waals surface area contributed by atoms with Gasteiger partial charge in [-0.1, -0.05) is 72.3 Å². The van der Waals surface area contributed by atoms with Crippen molar-refractivity contribution in [3.05, 3.63) is 132 Å². The first-order valence-corrected chi connectivity index (χ1v) is 14.1. The van der Waals surface area contributed by atoms with E-state index in [9.17, 15) is 17.6 Å². The Hall–Kier alpha value is -4.31. The van der Waals surface area contributed by atoms with Crippen LogP contribution in [-0.4, -0.2) is 34.7 Å². The zero-order chi connectivity index (χ0) is 28.1. The van der Waals surface area contributed by atoms with E-state index in [0.717, 1.165) is 9.87 Å². The molecule has 0 aliphatic carbocycles. The molecular formula is C30H24ClFN4O3S. The van der Waals surface area contributed by atoms with Crippen molar-refractivity contribution in [1.82, 2.24) is 13.9 Å². The number of imidazole rings is 1. The van der Waals surface area contributed by atoms with Gasteiger partial charge in [0, 0.05) is 29.0 Å². The monoisotopic (exact) mass is 574 g/mol. The molecule has 202 valence electrons. The number of carbonyl (C=O) groups excluding carboxylic acids is 1. The van der Waals surface area contributed by atoms with Crippen LogP contribution in [0.15, 0.2) is 120 Å². The number of hydrogen-bond donors (Lipinski definition) is 1. The minimum Gasteiger partial charge on any atom is -0.294 e. The number of aromatic nitrogens is 2. The van der Waals surface area contributed by atoms with Crippen LogP contribution >= 0.6 is 11.6 Å². The molecule has 0 aliphatic heterocycles. The Morgan fingerprint density at radius 3 is 2.15 bits per heavy atom. The van der Waals surface area contributed by atoms with Gasteiger partial charge in [-0.15, -0.1) is 0 Å². The molecule has 5 rings (SSSR count). The maximum atomic E-state index is 13.6. The number of rotatable bonds is 9. The summed E-state index contributed by atoms with van der Waals surface area (Å²) in [7, 11) is -4.06. The third-order valence-electron chi connectivity index (χ3n) is 6.10. The number of hydrogen-bond acceptors (Lipinski definition) is 4. The number of sulfonamides is 1. The van der Waals surface area contributed by atoms with Crippen molar-refractivity contribution in [2.24, 2.45) is 0 Å². The number of halogens is 2. The Balaban J connectivity index is 1.47. The molecule has 0 aliphatic rings. The van der Waals surface area contributed by atoms with Gasteiger partial charge >= 0.3 is 0 Å². The molecule has 0 spiro atoms. The van der Waals surface area contributed by atoms with Gasteiger partial charge in [-0.2, -0.15) is 4.31 Å². The summed E-state index contributed by atoms with van der Waals surface area (Å²) < 4.78 is 43.5. The standard InChI is InChI=1S/C30H24ClFN4O3S/c31-24-11-17-27(18-12-24)40(38,39)35(19-22-7-3-1-4-8-22)21-29(37)34-30-33-28(23-9-5-2-6-10-23)20-36(30)26-15-13-25(32)14-16-26/h1-18,20H,19,21H2,(H,33,34,37). The average molecular weight is 575 g/mol. The second-order valence-electron chi connectivity index (χ2n) is 8.92. The maximum Gasteiger partial charge on any atom is 0.243 e. The van der Waals surface area contributed by atoms with Gasteiger partial charge in [0.15, 0.2) is 0 Å². The highest BCUT2D eigenvalue weighted by molar-refractivity contribution is 7.89. The van der Waals surface area contributed by atoms with Gasteiger partial charge in [0.25, 0.3) is 0 Å². The first-order chi connectivity index (χ1) is 19.3. The van der Waals surface area contributed by atoms with E-state index in [4.69, 9.17) is 11.6 Å². The fourth-order valence-electron chi connectivity index (χ4n) is 4.11. The normalized spacial score (nSPS) is 11.5. The first kappa shape index (κ1) is 27.3. The Morgan fingerprint density at radius 2 is 1.50 bits per heavy atom. The molecule has 40 heavy (non-hydrogen) atoms. The summed E-state index contributed by atoms with van der Waals surface area (Å²) in [5, 5.41) is 3.15. The lowest BCUT2D eigenvalue weighted by molar-refractivity contribution is -0.116. The van der Waals surface area contributed by atoms with Crippen molar-refractivity contribution in [2.45, 2.75) is 11.4 Å². The smallest absolute Gasteiger partial charge is 0.243 e. The molecule has 7 nitrogen and oxygen atoms in total. The molecule has 4 aromatic carbocycles. The lowest BCUT2D eigenvalue weighted by atomic mass is 10.2. The summed E-state index contributed by atoms with van der Waals surface area (Å²) in [5.41, 5.74) is 2.68. The van der Waals surface area contributed by atoms with Crippen molar-refractivity contribution < 1.29 is 17.6 Å². The maximum absolute atomic E-state index is 13.6. The van der Waals surface area contributed by atoms with Gasteiger partial charge in [-0.25, -0.2) is 17.8 Å². The number of benzene rings is 4. The molecule has 1 heterocycles. The molecule has 0 saturated heterocycles. The zero-order valence-corrected chi connectivity index (χ0v) is 22.7. The molecule has 0 radical (unpaired) electrons. The molecular weight excluding hydrogens is 551 g/mol. The number of carbonyl (C=O) groups is 1. The molecule has 1 N–H and O–H groups in total. The molecule has 1 aromatic heterocycles. The summed E-state index contributed by atoms with van der Waals surface area (Å²) in [5.74, 6) is -0.831. The van der Waals surface area contributed by atoms with Crippen LogP contribution in [0.5, 0.6) is 0 Å². The molecule has 1 amide bonds. The van der Waals surface area contributed by atoms with E-state index < -0.39 is 28.3 Å². The minimum absolute atomic E-state index is 0.0137. The van der Waals surface area contributed by atoms with E-state index in [0.29, 0.717) is 22.0 Å². The second kappa shape index (κ2) is 11.8. The van der Waals surface area contributed by atoms with Gasteiger partial charge in [0.1, 0.15) is 5.82 Å². The Bertz CT molecular complexity index is 1710. The molecule has 5 aromatic rings. The summed E-state index contributed by atoms with van der Waals surface area (Å²) >= 11 is 5.96. The highest BCUT2D eigenvalue weighted by atomic mass is 35.5. The lowest BCUT2D eigenvalue weighted by Crippen LogP contribution is -2.38. The van der Waals surface area contributed by atoms with Crippen molar-refractivity contribution in [2.75, 3.05) is 11.9 Å². The highest BCUT2D eigenvalue weighted by Gasteiger charge is 2.28. The Labute approximate surface area is 236 Å². The van der Waals surface area contributed by atoms with E-state index in [1.807, 2.05) is 36.4 Å². The van der Waals surface area contributed by atoms with E-state index in [1.54, 1.807) is 47.2 Å². The predicted molar refractivity (Wildman–Crippen MR) is 153 cm³/mol. The SMILES string of the molecule is O=C(CN(Cc1ccccc1)S(=O)(=O)c1ccc(Cl)cc1)Nc1nc(-c2ccccc2)cn1-c1ccc(F)cc1. The lowest BCUT2D eigenvalue weighted by Gasteiger charge is -2.22. The summed E-state index contributed by atoms with van der Waals surface area (Å²) in [6.45, 7) is -0.502. The van der Waals surface area contributed by atoms with Crippen LogP contribution in [0, 0.1) is 5.82 Å². The molecule has 0 unspecified atom stereocenters. The minimum atomic E-state index is -4.06. The summed E-state index contributed by atoms with van der Waals surface area (Å²) in [6.07, 6.45) is 1.73. The van der Waals surface area contributed by atoms with Crippen molar-refractivity contribution >= 4 is 33.5 Å². The van der Waals surface area contributed by atoms with Crippen LogP contribution < -0.4 is 5.32 Å². The fraction of sp³-hybridized carbons (Fsp3) is 0.0667. The summed E-state index contributed by atoms with van der Waals surface area (Å²) in [4.78, 5) is 18.0. The molecule has 0 bridgehead atoms. The van der Waals surface area contributed by atoms with Crippen LogP contribution in [0.4, 0.5) is 10.3 Å². The van der Waals surface area contributed by atoms with E-state index in [-0.39, 0.29) is 17.4 Å².